The van der Waals surface area contributed by atoms with E-state index in [1.807, 2.05) is 25.1 Å². The molecular weight excluding hydrogens is 322 g/mol. The van der Waals surface area contributed by atoms with Gasteiger partial charge in [-0.3, -0.25) is 4.79 Å². The number of aryl methyl sites for hydroxylation is 1. The van der Waals surface area contributed by atoms with Gasteiger partial charge in [-0.1, -0.05) is 23.8 Å². The van der Waals surface area contributed by atoms with Crippen LogP contribution in [0.25, 0.3) is 0 Å². The maximum absolute atomic E-state index is 12.1. The van der Waals surface area contributed by atoms with Crippen LogP contribution in [-0.4, -0.2) is 18.5 Å². The average Bonchev–Trinajstić information content (AvgIpc) is 3.04. The number of hydrogen-bond acceptors (Lipinski definition) is 4. The summed E-state index contributed by atoms with van der Waals surface area (Å²) in [5, 5.41) is 3.03. The molecule has 4 nitrogen and oxygen atoms in total. The molecule has 1 aliphatic heterocycles. The Balaban J connectivity index is 1.46. The Morgan fingerprint density at radius 1 is 1.17 bits per heavy atom. The van der Waals surface area contributed by atoms with Crippen LogP contribution in [0.1, 0.15) is 30.5 Å². The SMILES string of the molecule is Cc1ccc(SCCC(=O)NC(C)c2ccc3c(c2)OCO3)cc1. The lowest BCUT2D eigenvalue weighted by molar-refractivity contribution is -0.121. The summed E-state index contributed by atoms with van der Waals surface area (Å²) in [7, 11) is 0. The molecular formula is C19H21NO3S. The average molecular weight is 343 g/mol. The fourth-order valence-corrected chi connectivity index (χ4v) is 3.33. The molecule has 3 rings (SSSR count). The number of carbonyl (C=O) groups is 1. The molecule has 0 fully saturated rings. The van der Waals surface area contributed by atoms with E-state index >= 15 is 0 Å². The molecule has 1 amide bonds. The maximum Gasteiger partial charge on any atom is 0.231 e. The van der Waals surface area contributed by atoms with Crippen LogP contribution in [0.3, 0.4) is 0 Å². The first kappa shape index (κ1) is 16.7. The Labute approximate surface area is 146 Å². The lowest BCUT2D eigenvalue weighted by atomic mass is 10.1. The summed E-state index contributed by atoms with van der Waals surface area (Å²) in [5.74, 6) is 2.32. The Morgan fingerprint density at radius 3 is 2.71 bits per heavy atom. The zero-order valence-corrected chi connectivity index (χ0v) is 14.7. The monoisotopic (exact) mass is 343 g/mol. The number of rotatable bonds is 6. The molecule has 0 radical (unpaired) electrons. The van der Waals surface area contributed by atoms with E-state index in [2.05, 4.69) is 36.5 Å². The minimum absolute atomic E-state index is 0.0554. The van der Waals surface area contributed by atoms with Gasteiger partial charge in [0.25, 0.3) is 0 Å². The minimum atomic E-state index is -0.0589. The fourth-order valence-electron chi connectivity index (χ4n) is 2.48. The largest absolute Gasteiger partial charge is 0.454 e. The van der Waals surface area contributed by atoms with Crippen molar-refractivity contribution in [3.63, 3.8) is 0 Å². The predicted octanol–water partition coefficient (Wildman–Crippen LogP) is 4.08. The van der Waals surface area contributed by atoms with Gasteiger partial charge in [-0.25, -0.2) is 0 Å². The van der Waals surface area contributed by atoms with E-state index in [1.165, 1.54) is 10.5 Å². The summed E-state index contributed by atoms with van der Waals surface area (Å²) in [5.41, 5.74) is 2.26. The van der Waals surface area contributed by atoms with Gasteiger partial charge in [0.1, 0.15) is 0 Å². The summed E-state index contributed by atoms with van der Waals surface area (Å²) < 4.78 is 10.7. The molecule has 1 N–H and O–H groups in total. The molecule has 0 aromatic heterocycles. The second-order valence-corrected chi connectivity index (χ2v) is 6.98. The van der Waals surface area contributed by atoms with E-state index in [4.69, 9.17) is 9.47 Å². The van der Waals surface area contributed by atoms with Crippen molar-refractivity contribution in [3.05, 3.63) is 53.6 Å². The molecule has 0 saturated heterocycles. The highest BCUT2D eigenvalue weighted by atomic mass is 32.2. The van der Waals surface area contributed by atoms with Crippen molar-refractivity contribution in [2.24, 2.45) is 0 Å². The predicted molar refractivity (Wildman–Crippen MR) is 95.6 cm³/mol. The highest BCUT2D eigenvalue weighted by molar-refractivity contribution is 7.99. The number of amides is 1. The number of carbonyl (C=O) groups excluding carboxylic acids is 1. The molecule has 1 heterocycles. The quantitative estimate of drug-likeness (QED) is 0.803. The zero-order chi connectivity index (χ0) is 16.9. The first-order chi connectivity index (χ1) is 11.6. The number of hydrogen-bond donors (Lipinski definition) is 1. The molecule has 126 valence electrons. The van der Waals surface area contributed by atoms with E-state index in [1.54, 1.807) is 11.8 Å². The van der Waals surface area contributed by atoms with Crippen molar-refractivity contribution in [1.29, 1.82) is 0 Å². The third-order valence-corrected chi connectivity index (χ3v) is 4.91. The van der Waals surface area contributed by atoms with Crippen molar-refractivity contribution in [3.8, 4) is 11.5 Å². The van der Waals surface area contributed by atoms with Crippen LogP contribution in [0.4, 0.5) is 0 Å². The molecule has 0 bridgehead atoms. The summed E-state index contributed by atoms with van der Waals surface area (Å²) in [6, 6.07) is 14.1. The van der Waals surface area contributed by atoms with E-state index in [9.17, 15) is 4.79 Å². The highest BCUT2D eigenvalue weighted by Gasteiger charge is 2.16. The van der Waals surface area contributed by atoms with E-state index < -0.39 is 0 Å². The van der Waals surface area contributed by atoms with Gasteiger partial charge in [0, 0.05) is 17.1 Å². The lowest BCUT2D eigenvalue weighted by Crippen LogP contribution is -2.26. The molecule has 1 aliphatic rings. The van der Waals surface area contributed by atoms with Crippen LogP contribution in [0.15, 0.2) is 47.4 Å². The van der Waals surface area contributed by atoms with Crippen molar-refractivity contribution in [2.75, 3.05) is 12.5 Å². The number of benzene rings is 2. The van der Waals surface area contributed by atoms with Gasteiger partial charge in [-0.15, -0.1) is 11.8 Å². The molecule has 2 aromatic carbocycles. The molecule has 1 atom stereocenters. The maximum atomic E-state index is 12.1. The van der Waals surface area contributed by atoms with Gasteiger partial charge in [-0.05, 0) is 43.7 Å². The topological polar surface area (TPSA) is 47.6 Å². The number of nitrogens with one attached hydrogen (secondary N) is 1. The first-order valence-corrected chi connectivity index (χ1v) is 8.99. The van der Waals surface area contributed by atoms with Gasteiger partial charge in [0.15, 0.2) is 11.5 Å². The standard InChI is InChI=1S/C19H21NO3S/c1-13-3-6-16(7-4-13)24-10-9-19(21)20-14(2)15-5-8-17-18(11-15)23-12-22-17/h3-8,11,14H,9-10,12H2,1-2H3,(H,20,21). The Bertz CT molecular complexity index is 715. The van der Waals surface area contributed by atoms with E-state index in [0.29, 0.717) is 6.42 Å². The van der Waals surface area contributed by atoms with Crippen molar-refractivity contribution >= 4 is 17.7 Å². The number of fused-ring (bicyclic) bond motifs is 1. The van der Waals surface area contributed by atoms with Crippen LogP contribution in [0.2, 0.25) is 0 Å². The Kier molecular flexibility index (Phi) is 5.30. The molecule has 24 heavy (non-hydrogen) atoms. The van der Waals surface area contributed by atoms with Crippen molar-refractivity contribution in [1.82, 2.24) is 5.32 Å². The van der Waals surface area contributed by atoms with Crippen molar-refractivity contribution < 1.29 is 14.3 Å². The summed E-state index contributed by atoms with van der Waals surface area (Å²) in [6.07, 6.45) is 0.493. The second-order valence-electron chi connectivity index (χ2n) is 5.81. The lowest BCUT2D eigenvalue weighted by Gasteiger charge is -2.14. The molecule has 0 saturated carbocycles. The zero-order valence-electron chi connectivity index (χ0n) is 13.9. The van der Waals surface area contributed by atoms with Crippen LogP contribution >= 0.6 is 11.8 Å². The number of ether oxygens (including phenoxy) is 2. The molecule has 0 aliphatic carbocycles. The van der Waals surface area contributed by atoms with Gasteiger partial charge in [0.2, 0.25) is 12.7 Å². The first-order valence-electron chi connectivity index (χ1n) is 8.00. The summed E-state index contributed by atoms with van der Waals surface area (Å²) >= 11 is 1.70. The third-order valence-electron chi connectivity index (χ3n) is 3.89. The molecule has 2 aromatic rings. The molecule has 0 spiro atoms. The Hall–Kier alpha value is -2.14. The van der Waals surface area contributed by atoms with Crippen LogP contribution in [0.5, 0.6) is 11.5 Å². The smallest absolute Gasteiger partial charge is 0.231 e. The van der Waals surface area contributed by atoms with E-state index in [0.717, 1.165) is 22.8 Å². The van der Waals surface area contributed by atoms with Crippen LogP contribution in [-0.2, 0) is 4.79 Å². The molecule has 1 unspecified atom stereocenters. The van der Waals surface area contributed by atoms with Crippen LogP contribution < -0.4 is 14.8 Å². The van der Waals surface area contributed by atoms with E-state index in [-0.39, 0.29) is 18.7 Å². The van der Waals surface area contributed by atoms with Crippen molar-refractivity contribution in [2.45, 2.75) is 31.2 Å². The van der Waals surface area contributed by atoms with Gasteiger partial charge in [-0.2, -0.15) is 0 Å². The Morgan fingerprint density at radius 2 is 1.92 bits per heavy atom. The van der Waals surface area contributed by atoms with Gasteiger partial charge in [0.05, 0.1) is 6.04 Å². The summed E-state index contributed by atoms with van der Waals surface area (Å²) in [4.78, 5) is 13.3. The van der Waals surface area contributed by atoms with Crippen LogP contribution in [0, 0.1) is 6.92 Å². The number of thioether (sulfide) groups is 1. The normalized spacial score (nSPS) is 13.6. The molecule has 5 heteroatoms. The summed E-state index contributed by atoms with van der Waals surface area (Å²) in [6.45, 7) is 4.30. The highest BCUT2D eigenvalue weighted by Crippen LogP contribution is 2.34. The van der Waals surface area contributed by atoms with Gasteiger partial charge < -0.3 is 14.8 Å². The fraction of sp³-hybridized carbons (Fsp3) is 0.316. The van der Waals surface area contributed by atoms with Gasteiger partial charge >= 0.3 is 0 Å². The second kappa shape index (κ2) is 7.62. The third kappa shape index (κ3) is 4.23. The minimum Gasteiger partial charge on any atom is -0.454 e.